The second-order valence-corrected chi connectivity index (χ2v) is 11.5. The molecule has 0 saturated heterocycles. The van der Waals surface area contributed by atoms with Crippen molar-refractivity contribution in [1.29, 1.82) is 0 Å². The number of para-hydroxylation sites is 1. The number of nitrogens with zero attached hydrogens (tertiary/aromatic N) is 1. The highest BCUT2D eigenvalue weighted by Crippen LogP contribution is 2.31. The molecule has 0 radical (unpaired) electrons. The number of hydrogen-bond donors (Lipinski definition) is 1. The lowest BCUT2D eigenvalue weighted by Gasteiger charge is -2.24. The van der Waals surface area contributed by atoms with E-state index in [0.717, 1.165) is 20.1 Å². The fourth-order valence-electron chi connectivity index (χ4n) is 3.39. The van der Waals surface area contributed by atoms with E-state index in [2.05, 4.69) is 42.0 Å². The maximum Gasteiger partial charge on any atom is 0.264 e. The first-order valence-corrected chi connectivity index (χ1v) is 13.1. The molecule has 180 valence electrons. The molecule has 0 unspecified atom stereocenters. The summed E-state index contributed by atoms with van der Waals surface area (Å²) in [4.78, 5) is 12.8. The Morgan fingerprint density at radius 2 is 1.56 bits per heavy atom. The van der Waals surface area contributed by atoms with Crippen molar-refractivity contribution in [3.05, 3.63) is 88.9 Å². The van der Waals surface area contributed by atoms with Gasteiger partial charge in [-0.15, -0.1) is 0 Å². The van der Waals surface area contributed by atoms with Crippen molar-refractivity contribution in [2.24, 2.45) is 0 Å². The second kappa shape index (κ2) is 11.1. The van der Waals surface area contributed by atoms with Crippen molar-refractivity contribution in [3.63, 3.8) is 0 Å². The average molecular weight is 545 g/mol. The summed E-state index contributed by atoms with van der Waals surface area (Å²) in [5, 5.41) is 2.77. The Morgan fingerprint density at radius 1 is 0.941 bits per heavy atom. The molecule has 3 aromatic carbocycles. The van der Waals surface area contributed by atoms with Gasteiger partial charge in [-0.3, -0.25) is 9.10 Å². The zero-order valence-electron chi connectivity index (χ0n) is 19.5. The number of benzene rings is 3. The Morgan fingerprint density at radius 3 is 2.21 bits per heavy atom. The summed E-state index contributed by atoms with van der Waals surface area (Å²) in [6, 6.07) is 22.7. The summed E-state index contributed by atoms with van der Waals surface area (Å²) in [5.74, 6) is 0.350. The van der Waals surface area contributed by atoms with Crippen LogP contribution in [0.3, 0.4) is 0 Å². The molecule has 3 aromatic rings. The number of sulfonamides is 1. The molecule has 0 atom stereocenters. The fraction of sp³-hybridized carbons (Fsp3) is 0.269. The zero-order valence-corrected chi connectivity index (χ0v) is 21.9. The third kappa shape index (κ3) is 6.61. The highest BCUT2D eigenvalue weighted by molar-refractivity contribution is 9.10. The van der Waals surface area contributed by atoms with E-state index in [1.54, 1.807) is 42.5 Å². The summed E-state index contributed by atoms with van der Waals surface area (Å²) < 4.78 is 34.4. The molecular weight excluding hydrogens is 516 g/mol. The van der Waals surface area contributed by atoms with E-state index in [1.807, 2.05) is 24.3 Å². The molecule has 0 aliphatic rings. The van der Waals surface area contributed by atoms with Crippen molar-refractivity contribution in [3.8, 4) is 5.75 Å². The lowest BCUT2D eigenvalue weighted by Crippen LogP contribution is -2.41. The minimum absolute atomic E-state index is 0.0726. The zero-order chi connectivity index (χ0) is 24.8. The van der Waals surface area contributed by atoms with Gasteiger partial charge in [-0.25, -0.2) is 8.42 Å². The molecule has 34 heavy (non-hydrogen) atoms. The number of halogens is 1. The number of nitrogens with one attached hydrogen (secondary N) is 1. The Kier molecular flexibility index (Phi) is 8.38. The molecule has 0 fully saturated rings. The standard InChI is InChI=1S/C26H29BrN2O4S/c1-26(2,3)23-11-7-8-12-24(23)33-18-17-28-25(30)19-29(21-15-13-20(27)14-16-21)34(31,32)22-9-5-4-6-10-22/h4-16H,17-19H2,1-3H3,(H,28,30). The smallest absolute Gasteiger partial charge is 0.264 e. The molecule has 3 rings (SSSR count). The van der Waals surface area contributed by atoms with Gasteiger partial charge in [0.2, 0.25) is 5.91 Å². The largest absolute Gasteiger partial charge is 0.491 e. The lowest BCUT2D eigenvalue weighted by atomic mass is 9.86. The third-order valence-electron chi connectivity index (χ3n) is 5.11. The molecule has 1 amide bonds. The topological polar surface area (TPSA) is 75.7 Å². The monoisotopic (exact) mass is 544 g/mol. The molecule has 0 aromatic heterocycles. The van der Waals surface area contributed by atoms with E-state index in [9.17, 15) is 13.2 Å². The van der Waals surface area contributed by atoms with Crippen LogP contribution in [0, 0.1) is 0 Å². The minimum atomic E-state index is -3.93. The molecule has 6 nitrogen and oxygen atoms in total. The molecule has 0 saturated carbocycles. The predicted molar refractivity (Wildman–Crippen MR) is 139 cm³/mol. The molecule has 0 aliphatic heterocycles. The van der Waals surface area contributed by atoms with Crippen molar-refractivity contribution in [1.82, 2.24) is 5.32 Å². The first-order valence-electron chi connectivity index (χ1n) is 10.9. The van der Waals surface area contributed by atoms with E-state index in [1.165, 1.54) is 12.1 Å². The van der Waals surface area contributed by atoms with E-state index in [0.29, 0.717) is 5.69 Å². The highest BCUT2D eigenvalue weighted by Gasteiger charge is 2.27. The van der Waals surface area contributed by atoms with Crippen LogP contribution in [0.4, 0.5) is 5.69 Å². The Bertz CT molecular complexity index is 1210. The van der Waals surface area contributed by atoms with Crippen molar-refractivity contribution in [2.45, 2.75) is 31.1 Å². The maximum atomic E-state index is 13.3. The van der Waals surface area contributed by atoms with Gasteiger partial charge in [0.25, 0.3) is 10.0 Å². The molecule has 8 heteroatoms. The van der Waals surface area contributed by atoms with Crippen LogP contribution in [-0.2, 0) is 20.2 Å². The van der Waals surface area contributed by atoms with Crippen LogP contribution < -0.4 is 14.4 Å². The number of carbonyl (C=O) groups excluding carboxylic acids is 1. The van der Waals surface area contributed by atoms with Gasteiger partial charge in [0.05, 0.1) is 17.1 Å². The third-order valence-corrected chi connectivity index (χ3v) is 7.43. The normalized spacial score (nSPS) is 11.6. The van der Waals surface area contributed by atoms with Gasteiger partial charge >= 0.3 is 0 Å². The molecule has 0 spiro atoms. The summed E-state index contributed by atoms with van der Waals surface area (Å²) >= 11 is 3.36. The van der Waals surface area contributed by atoms with Gasteiger partial charge in [-0.2, -0.15) is 0 Å². The SMILES string of the molecule is CC(C)(C)c1ccccc1OCCNC(=O)CN(c1ccc(Br)cc1)S(=O)(=O)c1ccccc1. The van der Waals surface area contributed by atoms with E-state index < -0.39 is 15.9 Å². The van der Waals surface area contributed by atoms with Gasteiger partial charge < -0.3 is 10.1 Å². The average Bonchev–Trinajstić information content (AvgIpc) is 2.81. The van der Waals surface area contributed by atoms with Crippen LogP contribution in [0.1, 0.15) is 26.3 Å². The van der Waals surface area contributed by atoms with E-state index in [4.69, 9.17) is 4.74 Å². The first kappa shape index (κ1) is 25.8. The van der Waals surface area contributed by atoms with E-state index in [-0.39, 0.29) is 30.0 Å². The summed E-state index contributed by atoms with van der Waals surface area (Å²) in [7, 11) is -3.93. The minimum Gasteiger partial charge on any atom is -0.491 e. The number of anilines is 1. The first-order chi connectivity index (χ1) is 16.1. The molecule has 0 bridgehead atoms. The number of rotatable bonds is 9. The van der Waals surface area contributed by atoms with Gasteiger partial charge in [0.15, 0.2) is 0 Å². The summed E-state index contributed by atoms with van der Waals surface area (Å²) in [6.07, 6.45) is 0. The quantitative estimate of drug-likeness (QED) is 0.378. The van der Waals surface area contributed by atoms with Crippen molar-refractivity contribution < 1.29 is 17.9 Å². The Labute approximate surface area is 210 Å². The summed E-state index contributed by atoms with van der Waals surface area (Å²) in [5.41, 5.74) is 1.41. The molecule has 0 heterocycles. The molecule has 1 N–H and O–H groups in total. The van der Waals surface area contributed by atoms with Gasteiger partial charge in [-0.1, -0.05) is 73.1 Å². The van der Waals surface area contributed by atoms with Crippen LogP contribution in [0.15, 0.2) is 88.2 Å². The second-order valence-electron chi connectivity index (χ2n) is 8.75. The van der Waals surface area contributed by atoms with Crippen LogP contribution in [-0.4, -0.2) is 34.0 Å². The molecular formula is C26H29BrN2O4S. The van der Waals surface area contributed by atoms with Crippen molar-refractivity contribution >= 4 is 37.5 Å². The summed E-state index contributed by atoms with van der Waals surface area (Å²) in [6.45, 7) is 6.50. The predicted octanol–water partition coefficient (Wildman–Crippen LogP) is 5.14. The lowest BCUT2D eigenvalue weighted by molar-refractivity contribution is -0.119. The fourth-order valence-corrected chi connectivity index (χ4v) is 5.10. The van der Waals surface area contributed by atoms with Gasteiger partial charge in [0, 0.05) is 4.47 Å². The van der Waals surface area contributed by atoms with E-state index >= 15 is 0 Å². The number of amides is 1. The van der Waals surface area contributed by atoms with Gasteiger partial charge in [-0.05, 0) is 53.4 Å². The highest BCUT2D eigenvalue weighted by atomic mass is 79.9. The molecule has 0 aliphatic carbocycles. The van der Waals surface area contributed by atoms with Crippen LogP contribution in [0.2, 0.25) is 0 Å². The number of ether oxygens (including phenoxy) is 1. The van der Waals surface area contributed by atoms with Crippen molar-refractivity contribution in [2.75, 3.05) is 24.0 Å². The Balaban J connectivity index is 1.68. The van der Waals surface area contributed by atoms with Gasteiger partial charge in [0.1, 0.15) is 18.9 Å². The maximum absolute atomic E-state index is 13.3. The van der Waals surface area contributed by atoms with Crippen LogP contribution >= 0.6 is 15.9 Å². The number of hydrogen-bond acceptors (Lipinski definition) is 4. The number of carbonyl (C=O) groups is 1. The Hall–Kier alpha value is -2.84. The van der Waals surface area contributed by atoms with Crippen LogP contribution in [0.5, 0.6) is 5.75 Å². The van der Waals surface area contributed by atoms with Crippen LogP contribution in [0.25, 0.3) is 0 Å².